The van der Waals surface area contributed by atoms with Gasteiger partial charge in [-0.25, -0.2) is 0 Å². The molecule has 1 aromatic heterocycles. The summed E-state index contributed by atoms with van der Waals surface area (Å²) in [6.07, 6.45) is 0.688. The minimum Gasteiger partial charge on any atom is -0.394 e. The maximum absolute atomic E-state index is 9.36. The molecule has 1 atom stereocenters. The highest BCUT2D eigenvalue weighted by atomic mass is 79.9. The van der Waals surface area contributed by atoms with E-state index < -0.39 is 5.54 Å². The number of rotatable bonds is 6. The van der Waals surface area contributed by atoms with Crippen molar-refractivity contribution in [3.8, 4) is 0 Å². The fourth-order valence-corrected chi connectivity index (χ4v) is 3.33. The topological polar surface area (TPSA) is 52.5 Å². The van der Waals surface area contributed by atoms with E-state index in [1.165, 1.54) is 4.88 Å². The smallest absolute Gasteiger partial charge is 0.0650 e. The minimum absolute atomic E-state index is 0.0622. The van der Waals surface area contributed by atoms with Crippen LogP contribution in [0.1, 0.15) is 31.2 Å². The van der Waals surface area contributed by atoms with Crippen LogP contribution in [-0.2, 0) is 0 Å². The van der Waals surface area contributed by atoms with Gasteiger partial charge in [-0.3, -0.25) is 5.32 Å². The van der Waals surface area contributed by atoms with Crippen LogP contribution >= 0.6 is 27.3 Å². The molecule has 0 aromatic carbocycles. The van der Waals surface area contributed by atoms with Crippen molar-refractivity contribution in [3.63, 3.8) is 0 Å². The lowest BCUT2D eigenvalue weighted by Crippen LogP contribution is -2.52. The fourth-order valence-electron chi connectivity index (χ4n) is 1.61. The lowest BCUT2D eigenvalue weighted by atomic mass is 9.97. The van der Waals surface area contributed by atoms with Crippen LogP contribution in [0.4, 0.5) is 0 Å². The molecule has 5 heteroatoms. The largest absolute Gasteiger partial charge is 0.394 e. The Bertz CT molecular complexity index is 317. The van der Waals surface area contributed by atoms with Crippen molar-refractivity contribution in [2.75, 3.05) is 13.2 Å². The molecule has 1 unspecified atom stereocenters. The average Bonchev–Trinajstić information content (AvgIpc) is 2.72. The van der Waals surface area contributed by atoms with Gasteiger partial charge >= 0.3 is 0 Å². The first-order chi connectivity index (χ1) is 7.58. The summed E-state index contributed by atoms with van der Waals surface area (Å²) in [5, 5.41) is 24.0. The first kappa shape index (κ1) is 14.1. The van der Waals surface area contributed by atoms with Gasteiger partial charge in [0.15, 0.2) is 0 Å². The molecule has 3 nitrogen and oxygen atoms in total. The molecule has 0 saturated carbocycles. The highest BCUT2D eigenvalue weighted by molar-refractivity contribution is 9.10. The second-order valence-electron chi connectivity index (χ2n) is 3.95. The Kier molecular flexibility index (Phi) is 5.40. The van der Waals surface area contributed by atoms with Crippen LogP contribution in [0.2, 0.25) is 0 Å². The van der Waals surface area contributed by atoms with Gasteiger partial charge < -0.3 is 10.2 Å². The molecule has 1 rings (SSSR count). The molecule has 16 heavy (non-hydrogen) atoms. The zero-order valence-corrected chi connectivity index (χ0v) is 11.9. The third-order valence-electron chi connectivity index (χ3n) is 2.84. The van der Waals surface area contributed by atoms with Gasteiger partial charge in [-0.05, 0) is 40.7 Å². The number of halogens is 1. The molecular formula is C11H18BrNO2S. The van der Waals surface area contributed by atoms with E-state index in [-0.39, 0.29) is 19.3 Å². The van der Waals surface area contributed by atoms with Crippen LogP contribution in [0.3, 0.4) is 0 Å². The third-order valence-corrected chi connectivity index (χ3v) is 4.90. The van der Waals surface area contributed by atoms with E-state index in [2.05, 4.69) is 21.2 Å². The lowest BCUT2D eigenvalue weighted by Gasteiger charge is -2.33. The van der Waals surface area contributed by atoms with Gasteiger partial charge in [0.05, 0.1) is 18.8 Å². The molecule has 1 heterocycles. The maximum Gasteiger partial charge on any atom is 0.0650 e. The van der Waals surface area contributed by atoms with E-state index in [1.807, 2.05) is 25.3 Å². The van der Waals surface area contributed by atoms with E-state index in [1.54, 1.807) is 11.3 Å². The van der Waals surface area contributed by atoms with E-state index in [4.69, 9.17) is 0 Å². The second kappa shape index (κ2) is 6.12. The van der Waals surface area contributed by atoms with Crippen molar-refractivity contribution in [1.82, 2.24) is 5.32 Å². The number of hydrogen-bond donors (Lipinski definition) is 3. The standard InChI is InChI=1S/C11H18BrNO2S/c1-3-11(6-14,7-15)13-8(2)10-9(12)4-5-16-10/h4-5,8,13-15H,3,6-7H2,1-2H3. The zero-order valence-electron chi connectivity index (χ0n) is 9.53. The third kappa shape index (κ3) is 3.05. The Morgan fingerprint density at radius 3 is 2.50 bits per heavy atom. The van der Waals surface area contributed by atoms with Gasteiger partial charge in [0, 0.05) is 15.4 Å². The number of nitrogens with one attached hydrogen (secondary N) is 1. The van der Waals surface area contributed by atoms with E-state index >= 15 is 0 Å². The van der Waals surface area contributed by atoms with Crippen LogP contribution in [0.15, 0.2) is 15.9 Å². The molecule has 0 fully saturated rings. The summed E-state index contributed by atoms with van der Waals surface area (Å²) < 4.78 is 1.07. The molecule has 0 bridgehead atoms. The Morgan fingerprint density at radius 1 is 1.50 bits per heavy atom. The highest BCUT2D eigenvalue weighted by Crippen LogP contribution is 2.30. The Labute approximate surface area is 109 Å². The van der Waals surface area contributed by atoms with Crippen LogP contribution in [0, 0.1) is 0 Å². The summed E-state index contributed by atoms with van der Waals surface area (Å²) in [6.45, 7) is 3.86. The summed E-state index contributed by atoms with van der Waals surface area (Å²) in [5.41, 5.74) is -0.594. The van der Waals surface area contributed by atoms with Crippen LogP contribution < -0.4 is 5.32 Å². The zero-order chi connectivity index (χ0) is 12.2. The number of aliphatic hydroxyl groups is 2. The molecule has 0 aliphatic rings. The van der Waals surface area contributed by atoms with Gasteiger partial charge in [-0.15, -0.1) is 11.3 Å². The molecule has 1 aromatic rings. The van der Waals surface area contributed by atoms with Crippen LogP contribution in [-0.4, -0.2) is 29.0 Å². The lowest BCUT2D eigenvalue weighted by molar-refractivity contribution is 0.0796. The summed E-state index contributed by atoms with van der Waals surface area (Å²) in [7, 11) is 0. The van der Waals surface area contributed by atoms with Crippen molar-refractivity contribution in [3.05, 3.63) is 20.8 Å². The van der Waals surface area contributed by atoms with Crippen molar-refractivity contribution >= 4 is 27.3 Å². The SMILES string of the molecule is CCC(CO)(CO)NC(C)c1sccc1Br. The number of thiophene rings is 1. The maximum atomic E-state index is 9.36. The molecule has 0 saturated heterocycles. The van der Waals surface area contributed by atoms with Crippen molar-refractivity contribution in [1.29, 1.82) is 0 Å². The molecule has 0 aliphatic heterocycles. The van der Waals surface area contributed by atoms with Gasteiger partial charge in [0.1, 0.15) is 0 Å². The Morgan fingerprint density at radius 2 is 2.12 bits per heavy atom. The highest BCUT2D eigenvalue weighted by Gasteiger charge is 2.29. The van der Waals surface area contributed by atoms with E-state index in [9.17, 15) is 10.2 Å². The summed E-state index contributed by atoms with van der Waals surface area (Å²) in [6, 6.07) is 2.11. The first-order valence-electron chi connectivity index (χ1n) is 5.31. The second-order valence-corrected chi connectivity index (χ2v) is 5.75. The van der Waals surface area contributed by atoms with Gasteiger partial charge in [0.2, 0.25) is 0 Å². The molecule has 0 amide bonds. The quantitative estimate of drug-likeness (QED) is 0.756. The van der Waals surface area contributed by atoms with Gasteiger partial charge in [-0.2, -0.15) is 0 Å². The van der Waals surface area contributed by atoms with E-state index in [0.717, 1.165) is 4.47 Å². The normalized spacial score (nSPS) is 14.1. The molecule has 0 aliphatic carbocycles. The average molecular weight is 308 g/mol. The van der Waals surface area contributed by atoms with Crippen LogP contribution in [0.25, 0.3) is 0 Å². The number of aliphatic hydroxyl groups excluding tert-OH is 2. The Balaban J connectivity index is 2.76. The van der Waals surface area contributed by atoms with E-state index in [0.29, 0.717) is 6.42 Å². The summed E-state index contributed by atoms with van der Waals surface area (Å²) in [5.74, 6) is 0. The molecule has 0 radical (unpaired) electrons. The molecule has 3 N–H and O–H groups in total. The van der Waals surface area contributed by atoms with Crippen LogP contribution in [0.5, 0.6) is 0 Å². The fraction of sp³-hybridized carbons (Fsp3) is 0.636. The summed E-state index contributed by atoms with van der Waals surface area (Å²) in [4.78, 5) is 1.18. The van der Waals surface area contributed by atoms with Gasteiger partial charge in [0.25, 0.3) is 0 Å². The predicted molar refractivity (Wildman–Crippen MR) is 70.8 cm³/mol. The molecule has 92 valence electrons. The van der Waals surface area contributed by atoms with Crippen molar-refractivity contribution in [2.45, 2.75) is 31.8 Å². The predicted octanol–water partition coefficient (Wildman–Crippen LogP) is 2.29. The summed E-state index contributed by atoms with van der Waals surface area (Å²) >= 11 is 5.14. The molecular weight excluding hydrogens is 290 g/mol. The Hall–Kier alpha value is 0.0600. The minimum atomic E-state index is -0.594. The van der Waals surface area contributed by atoms with Crippen molar-refractivity contribution < 1.29 is 10.2 Å². The number of hydrogen-bond acceptors (Lipinski definition) is 4. The monoisotopic (exact) mass is 307 g/mol. The van der Waals surface area contributed by atoms with Crippen molar-refractivity contribution in [2.24, 2.45) is 0 Å². The van der Waals surface area contributed by atoms with Gasteiger partial charge in [-0.1, -0.05) is 6.92 Å². The molecule has 0 spiro atoms. The first-order valence-corrected chi connectivity index (χ1v) is 6.98.